The highest BCUT2D eigenvalue weighted by Gasteiger charge is 2.28. The van der Waals surface area contributed by atoms with Crippen LogP contribution in [0, 0.1) is 68.0 Å². The Morgan fingerprint density at radius 2 is 0.486 bits per heavy atom. The van der Waals surface area contributed by atoms with Crippen LogP contribution < -0.4 is 4.90 Å². The molecule has 0 N–H and O–H groups in total. The molecule has 0 spiro atoms. The lowest BCUT2D eigenvalue weighted by Gasteiger charge is -2.28. The van der Waals surface area contributed by atoms with Gasteiger partial charge in [-0.1, -0.05) is 0 Å². The lowest BCUT2D eigenvalue weighted by molar-refractivity contribution is 1.13. The van der Waals surface area contributed by atoms with Crippen molar-refractivity contribution in [2.24, 2.45) is 0 Å². The van der Waals surface area contributed by atoms with Crippen molar-refractivity contribution in [1.29, 1.82) is 31.6 Å². The van der Waals surface area contributed by atoms with Crippen LogP contribution in [0.2, 0.25) is 0 Å². The maximum atomic E-state index is 11.1. The summed E-state index contributed by atoms with van der Waals surface area (Å²) in [5.41, 5.74) is 6.36. The summed E-state index contributed by atoms with van der Waals surface area (Å²) in [6.07, 6.45) is 20.0. The summed E-state index contributed by atoms with van der Waals surface area (Å²) in [5, 5.41) is 71.0. The van der Waals surface area contributed by atoms with Gasteiger partial charge in [-0.25, -0.2) is 0 Å². The van der Waals surface area contributed by atoms with Crippen molar-refractivity contribution < 1.29 is 0 Å². The highest BCUT2D eigenvalue weighted by atomic mass is 15.1. The van der Waals surface area contributed by atoms with Gasteiger partial charge in [-0.2, -0.15) is 31.6 Å². The van der Waals surface area contributed by atoms with Gasteiger partial charge in [-0.15, -0.1) is 0 Å². The Balaban J connectivity index is 1.16. The molecule has 12 aromatic rings. The molecular formula is C54H24N16. The first kappa shape index (κ1) is 40.2. The van der Waals surface area contributed by atoms with E-state index in [1.165, 1.54) is 0 Å². The van der Waals surface area contributed by atoms with E-state index in [4.69, 9.17) is 0 Å². The molecule has 0 amide bonds. The van der Waals surface area contributed by atoms with Crippen LogP contribution in [0.5, 0.6) is 0 Å². The molecule has 0 aliphatic heterocycles. The molecule has 0 aliphatic carbocycles. The van der Waals surface area contributed by atoms with Gasteiger partial charge in [0, 0.05) is 124 Å². The number of pyridine rings is 6. The molecule has 0 atom stereocenters. The molecule has 0 saturated carbocycles. The minimum absolute atomic E-state index is 0.0988. The Morgan fingerprint density at radius 3 is 0.657 bits per heavy atom. The van der Waals surface area contributed by atoms with Crippen molar-refractivity contribution >= 4 is 82.5 Å². The fourth-order valence-corrected chi connectivity index (χ4v) is 9.78. The number of nitriles is 6. The molecule has 9 heterocycles. The van der Waals surface area contributed by atoms with E-state index in [1.807, 2.05) is 13.7 Å². The first-order chi connectivity index (χ1) is 34.5. The van der Waals surface area contributed by atoms with E-state index in [-0.39, 0.29) is 50.4 Å². The minimum Gasteiger partial charge on any atom is -0.310 e. The Labute approximate surface area is 395 Å². The van der Waals surface area contributed by atoms with Gasteiger partial charge in [-0.3, -0.25) is 29.9 Å². The molecule has 9 aromatic heterocycles. The van der Waals surface area contributed by atoms with Crippen LogP contribution >= 0.6 is 0 Å². The average Bonchev–Trinajstić information content (AvgIpc) is 4.05. The van der Waals surface area contributed by atoms with Crippen LogP contribution in [0.4, 0.5) is 17.1 Å². The standard InChI is InChI=1S/C54H24N16/c55-19-31-13-37(14-32(20-56)52(31)68-46-1-7-61-25-40(46)41-26-62-8-2-47(41)68)67(38-15-33(21-57)53(34(16-38)22-58)69-48-3-9-63-27-42(48)43-28-64-10-4-49(43)69)39-17-35(23-59)54(36(18-39)24-60)70-50-5-11-65-29-44(50)45-30-66-12-6-51(45)70/h1-18,25-30H. The van der Waals surface area contributed by atoms with Gasteiger partial charge in [0.05, 0.1) is 83.5 Å². The normalized spacial score (nSPS) is 11.1. The van der Waals surface area contributed by atoms with Crippen molar-refractivity contribution in [2.75, 3.05) is 4.90 Å². The second-order valence-corrected chi connectivity index (χ2v) is 16.0. The highest BCUT2D eigenvalue weighted by molar-refractivity contribution is 6.11. The molecule has 3 aromatic carbocycles. The molecule has 0 radical (unpaired) electrons. The number of fused-ring (bicyclic) bond motifs is 9. The Kier molecular flexibility index (Phi) is 9.02. The summed E-state index contributed by atoms with van der Waals surface area (Å²) in [6.45, 7) is 0. The van der Waals surface area contributed by atoms with Crippen LogP contribution in [0.3, 0.4) is 0 Å². The van der Waals surface area contributed by atoms with Gasteiger partial charge >= 0.3 is 0 Å². The second kappa shape index (κ2) is 15.7. The quantitative estimate of drug-likeness (QED) is 0.151. The molecule has 0 bridgehead atoms. The first-order valence-electron chi connectivity index (χ1n) is 21.3. The van der Waals surface area contributed by atoms with Crippen LogP contribution in [0.25, 0.3) is 82.5 Å². The lowest BCUT2D eigenvalue weighted by atomic mass is 10.0. The van der Waals surface area contributed by atoms with E-state index in [0.717, 1.165) is 32.3 Å². The predicted molar refractivity (Wildman–Crippen MR) is 259 cm³/mol. The average molecular weight is 897 g/mol. The van der Waals surface area contributed by atoms with Crippen molar-refractivity contribution in [1.82, 2.24) is 43.6 Å². The molecule has 320 valence electrons. The lowest BCUT2D eigenvalue weighted by Crippen LogP contribution is -2.15. The highest BCUT2D eigenvalue weighted by Crippen LogP contribution is 2.44. The fraction of sp³-hybridized carbons (Fsp3) is 0. The smallest absolute Gasteiger partial charge is 0.101 e. The third-order valence-electron chi connectivity index (χ3n) is 12.6. The number of hydrogen-bond donors (Lipinski definition) is 0. The summed E-state index contributed by atoms with van der Waals surface area (Å²) < 4.78 is 5.50. The van der Waals surface area contributed by atoms with Gasteiger partial charge in [0.25, 0.3) is 0 Å². The minimum atomic E-state index is 0.0988. The zero-order valence-electron chi connectivity index (χ0n) is 36.0. The fourth-order valence-electron chi connectivity index (χ4n) is 9.78. The van der Waals surface area contributed by atoms with Crippen LogP contribution in [0.1, 0.15) is 33.4 Å². The first-order valence-corrected chi connectivity index (χ1v) is 21.3. The third-order valence-corrected chi connectivity index (χ3v) is 12.6. The topological polar surface area (TPSA) is 238 Å². The van der Waals surface area contributed by atoms with Crippen LogP contribution in [-0.2, 0) is 0 Å². The summed E-state index contributed by atoms with van der Waals surface area (Å²) in [4.78, 5) is 27.7. The number of benzene rings is 3. The third kappa shape index (κ3) is 5.76. The molecule has 0 fully saturated rings. The van der Waals surface area contributed by atoms with Crippen LogP contribution in [-0.4, -0.2) is 43.6 Å². The van der Waals surface area contributed by atoms with E-state index in [1.54, 1.807) is 152 Å². The monoisotopic (exact) mass is 896 g/mol. The van der Waals surface area contributed by atoms with Gasteiger partial charge in [0.15, 0.2) is 0 Å². The van der Waals surface area contributed by atoms with Crippen molar-refractivity contribution in [3.8, 4) is 53.5 Å². The predicted octanol–water partition coefficient (Wildman–Crippen LogP) is 10.0. The maximum absolute atomic E-state index is 11.1. The summed E-state index contributed by atoms with van der Waals surface area (Å²) in [6, 6.07) is 34.4. The summed E-state index contributed by atoms with van der Waals surface area (Å²) in [5.74, 6) is 0. The molecule has 0 saturated heterocycles. The van der Waals surface area contributed by atoms with E-state index in [9.17, 15) is 31.6 Å². The van der Waals surface area contributed by atoms with Gasteiger partial charge < -0.3 is 18.6 Å². The van der Waals surface area contributed by atoms with E-state index < -0.39 is 0 Å². The number of aromatic nitrogens is 9. The van der Waals surface area contributed by atoms with Crippen molar-refractivity contribution in [3.05, 3.63) is 181 Å². The molecular weight excluding hydrogens is 873 g/mol. The zero-order chi connectivity index (χ0) is 47.6. The summed E-state index contributed by atoms with van der Waals surface area (Å²) in [7, 11) is 0. The van der Waals surface area contributed by atoms with Gasteiger partial charge in [0.1, 0.15) is 36.4 Å². The number of hydrogen-bond acceptors (Lipinski definition) is 13. The van der Waals surface area contributed by atoms with E-state index in [0.29, 0.717) is 50.2 Å². The molecule has 16 heteroatoms. The summed E-state index contributed by atoms with van der Waals surface area (Å²) >= 11 is 0. The number of anilines is 3. The van der Waals surface area contributed by atoms with Crippen LogP contribution in [0.15, 0.2) is 147 Å². The second-order valence-electron chi connectivity index (χ2n) is 16.0. The van der Waals surface area contributed by atoms with Crippen molar-refractivity contribution in [3.63, 3.8) is 0 Å². The molecule has 16 nitrogen and oxygen atoms in total. The number of rotatable bonds is 6. The van der Waals surface area contributed by atoms with Gasteiger partial charge in [-0.05, 0) is 72.8 Å². The van der Waals surface area contributed by atoms with E-state index in [2.05, 4.69) is 66.3 Å². The molecule has 12 rings (SSSR count). The molecule has 0 unspecified atom stereocenters. The van der Waals surface area contributed by atoms with Gasteiger partial charge in [0.2, 0.25) is 0 Å². The largest absolute Gasteiger partial charge is 0.310 e. The SMILES string of the molecule is N#Cc1cc(N(c2cc(C#N)c(-n3c4ccncc4c4cnccc43)c(C#N)c2)c2cc(C#N)c(-n3c4ccncc4c4cnccc43)c(C#N)c2)cc(C#N)c1-n1c2ccncc2c2cnccc21. The Hall–Kier alpha value is -11.3. The van der Waals surface area contributed by atoms with E-state index >= 15 is 0 Å². The Morgan fingerprint density at radius 1 is 0.300 bits per heavy atom. The molecule has 70 heavy (non-hydrogen) atoms. The Bertz CT molecular complexity index is 3810. The molecule has 0 aliphatic rings. The maximum Gasteiger partial charge on any atom is 0.101 e. The number of nitrogens with zero attached hydrogens (tertiary/aromatic N) is 16. The zero-order valence-corrected chi connectivity index (χ0v) is 36.0. The van der Waals surface area contributed by atoms with Crippen molar-refractivity contribution in [2.45, 2.75) is 0 Å².